The number of hydrogen-bond acceptors (Lipinski definition) is 0. The van der Waals surface area contributed by atoms with Gasteiger partial charge in [-0.3, -0.25) is 0 Å². The van der Waals surface area contributed by atoms with Crippen molar-refractivity contribution in [3.63, 3.8) is 0 Å². The molecule has 2 aliphatic rings. The van der Waals surface area contributed by atoms with E-state index in [1.165, 1.54) is 110 Å². The minimum absolute atomic E-state index is 0.00832. The normalized spacial score (nSPS) is 14.6. The van der Waals surface area contributed by atoms with Crippen LogP contribution in [-0.4, -0.2) is 0 Å². The molecule has 0 heterocycles. The van der Waals surface area contributed by atoms with E-state index >= 15 is 0 Å². The van der Waals surface area contributed by atoms with Gasteiger partial charge in [0.2, 0.25) is 0 Å². The van der Waals surface area contributed by atoms with Gasteiger partial charge in [0.15, 0.2) is 0 Å². The summed E-state index contributed by atoms with van der Waals surface area (Å²) in [5, 5.41) is 7.67. The Morgan fingerprint density at radius 3 is 1.43 bits per heavy atom. The van der Waals surface area contributed by atoms with Crippen molar-refractivity contribution in [3.8, 4) is 55.6 Å². The average Bonchev–Trinajstić information content (AvgIpc) is 3.57. The summed E-state index contributed by atoms with van der Waals surface area (Å²) < 4.78 is 0. The monoisotopic (exact) mass is 688 g/mol. The third kappa shape index (κ3) is 4.26. The Balaban J connectivity index is 1.03. The van der Waals surface area contributed by atoms with Crippen LogP contribution in [0.15, 0.2) is 170 Å². The predicted molar refractivity (Wildman–Crippen MR) is 230 cm³/mol. The molecule has 0 amide bonds. The van der Waals surface area contributed by atoms with E-state index in [1.807, 2.05) is 0 Å². The Bertz CT molecular complexity index is 2960. The molecule has 0 fully saturated rings. The molecular formula is C54H40. The van der Waals surface area contributed by atoms with Gasteiger partial charge in [0.05, 0.1) is 0 Å². The fourth-order valence-corrected chi connectivity index (χ4v) is 10.1. The molecule has 0 atom stereocenters. The van der Waals surface area contributed by atoms with E-state index in [2.05, 4.69) is 198 Å². The van der Waals surface area contributed by atoms with Crippen LogP contribution >= 0.6 is 0 Å². The first kappa shape index (κ1) is 31.3. The van der Waals surface area contributed by atoms with Crippen LogP contribution in [0.2, 0.25) is 0 Å². The molecule has 0 bridgehead atoms. The maximum atomic E-state index is 2.53. The summed E-state index contributed by atoms with van der Waals surface area (Å²) in [5.41, 5.74) is 18.8. The Morgan fingerprint density at radius 1 is 0.278 bits per heavy atom. The molecule has 0 aromatic heterocycles. The number of rotatable bonds is 3. The van der Waals surface area contributed by atoms with Crippen molar-refractivity contribution in [1.82, 2.24) is 0 Å². The quantitative estimate of drug-likeness (QED) is 0.162. The van der Waals surface area contributed by atoms with Gasteiger partial charge in [-0.2, -0.15) is 0 Å². The van der Waals surface area contributed by atoms with E-state index in [0.29, 0.717) is 0 Å². The van der Waals surface area contributed by atoms with Gasteiger partial charge in [0.25, 0.3) is 0 Å². The third-order valence-corrected chi connectivity index (χ3v) is 12.9. The lowest BCUT2D eigenvalue weighted by Crippen LogP contribution is -2.18. The number of benzene rings is 9. The largest absolute Gasteiger partial charge is 0.0619 e. The molecule has 11 rings (SSSR count). The molecule has 2 aliphatic carbocycles. The molecule has 0 unspecified atom stereocenters. The zero-order chi connectivity index (χ0) is 36.3. The molecule has 0 saturated heterocycles. The zero-order valence-electron chi connectivity index (χ0n) is 31.2. The second kappa shape index (κ2) is 11.1. The molecule has 9 aromatic rings. The van der Waals surface area contributed by atoms with Gasteiger partial charge >= 0.3 is 0 Å². The van der Waals surface area contributed by atoms with Crippen molar-refractivity contribution < 1.29 is 0 Å². The van der Waals surface area contributed by atoms with Gasteiger partial charge < -0.3 is 0 Å². The smallest absolute Gasteiger partial charge is 0.0159 e. The Labute approximate surface area is 317 Å². The molecule has 0 N–H and O–H groups in total. The van der Waals surface area contributed by atoms with Crippen LogP contribution in [0.4, 0.5) is 0 Å². The van der Waals surface area contributed by atoms with Crippen LogP contribution in [0.5, 0.6) is 0 Å². The molecular weight excluding hydrogens is 649 g/mol. The van der Waals surface area contributed by atoms with Gasteiger partial charge in [0, 0.05) is 10.8 Å². The van der Waals surface area contributed by atoms with Gasteiger partial charge in [-0.25, -0.2) is 0 Å². The van der Waals surface area contributed by atoms with Crippen molar-refractivity contribution in [1.29, 1.82) is 0 Å². The van der Waals surface area contributed by atoms with E-state index < -0.39 is 0 Å². The topological polar surface area (TPSA) is 0 Å². The molecule has 0 nitrogen and oxygen atoms in total. The summed E-state index contributed by atoms with van der Waals surface area (Å²) >= 11 is 0. The minimum Gasteiger partial charge on any atom is -0.0619 e. The van der Waals surface area contributed by atoms with Gasteiger partial charge in [-0.15, -0.1) is 0 Å². The Kier molecular flexibility index (Phi) is 6.46. The highest BCUT2D eigenvalue weighted by Crippen LogP contribution is 2.56. The van der Waals surface area contributed by atoms with E-state index in [1.54, 1.807) is 0 Å². The zero-order valence-corrected chi connectivity index (χ0v) is 31.2. The third-order valence-electron chi connectivity index (χ3n) is 12.9. The maximum absolute atomic E-state index is 2.53. The standard InChI is InChI=1S/C54H40/c1-53(2)47-23-12-11-17-38(47)45-31-46-39-29-28-36(30-48(39)54(3,4)50(46)32-49(45)53)33-24-26-35(27-25-33)51-41-18-7-9-20-43(41)52(44-21-10-8-19-42(44)51)40-22-13-15-34-14-5-6-16-37(34)40/h5-32H,1-4H3. The van der Waals surface area contributed by atoms with Crippen molar-refractivity contribution in [2.24, 2.45) is 0 Å². The molecule has 0 heteroatoms. The summed E-state index contributed by atoms with van der Waals surface area (Å²) in [5.74, 6) is 0. The highest BCUT2D eigenvalue weighted by atomic mass is 14.4. The molecule has 0 aliphatic heterocycles. The molecule has 54 heavy (non-hydrogen) atoms. The lowest BCUT2D eigenvalue weighted by atomic mass is 9.77. The van der Waals surface area contributed by atoms with Crippen LogP contribution in [0, 0.1) is 0 Å². The molecule has 256 valence electrons. The minimum atomic E-state index is -0.0931. The lowest BCUT2D eigenvalue weighted by molar-refractivity contribution is 0.639. The highest BCUT2D eigenvalue weighted by Gasteiger charge is 2.41. The van der Waals surface area contributed by atoms with Crippen LogP contribution in [0.3, 0.4) is 0 Å². The summed E-state index contributed by atoms with van der Waals surface area (Å²) in [7, 11) is 0. The van der Waals surface area contributed by atoms with Crippen LogP contribution in [0.25, 0.3) is 88.0 Å². The fourth-order valence-electron chi connectivity index (χ4n) is 10.1. The SMILES string of the molecule is CC1(C)c2ccccc2-c2cc3c(cc21)C(C)(C)c1cc(-c2ccc(-c4c5ccccc5c(-c5cccc6ccccc56)c5ccccc45)cc2)ccc1-3. The summed E-state index contributed by atoms with van der Waals surface area (Å²) in [6, 6.07) is 63.8. The van der Waals surface area contributed by atoms with E-state index in [-0.39, 0.29) is 10.8 Å². The highest BCUT2D eigenvalue weighted by molar-refractivity contribution is 6.23. The fraction of sp³-hybridized carbons (Fsp3) is 0.111. The van der Waals surface area contributed by atoms with Gasteiger partial charge in [0.1, 0.15) is 0 Å². The first-order chi connectivity index (χ1) is 26.3. The summed E-state index contributed by atoms with van der Waals surface area (Å²) in [6.07, 6.45) is 0. The van der Waals surface area contributed by atoms with Crippen LogP contribution in [0.1, 0.15) is 49.9 Å². The molecule has 0 radical (unpaired) electrons. The maximum Gasteiger partial charge on any atom is 0.0159 e. The lowest BCUT2D eigenvalue weighted by Gasteiger charge is -2.26. The van der Waals surface area contributed by atoms with Crippen molar-refractivity contribution in [2.45, 2.75) is 38.5 Å². The molecule has 9 aromatic carbocycles. The predicted octanol–water partition coefficient (Wildman–Crippen LogP) is 14.8. The van der Waals surface area contributed by atoms with E-state index in [4.69, 9.17) is 0 Å². The second-order valence-corrected chi connectivity index (χ2v) is 16.4. The van der Waals surface area contributed by atoms with Crippen LogP contribution in [-0.2, 0) is 10.8 Å². The van der Waals surface area contributed by atoms with Crippen LogP contribution < -0.4 is 0 Å². The molecule has 0 saturated carbocycles. The Hall–Kier alpha value is -6.24. The summed E-state index contributed by atoms with van der Waals surface area (Å²) in [4.78, 5) is 0. The second-order valence-electron chi connectivity index (χ2n) is 16.4. The summed E-state index contributed by atoms with van der Waals surface area (Å²) in [6.45, 7) is 9.58. The van der Waals surface area contributed by atoms with E-state index in [9.17, 15) is 0 Å². The van der Waals surface area contributed by atoms with Crippen molar-refractivity contribution in [2.75, 3.05) is 0 Å². The van der Waals surface area contributed by atoms with Gasteiger partial charge in [-0.1, -0.05) is 185 Å². The number of hydrogen-bond donors (Lipinski definition) is 0. The average molecular weight is 689 g/mol. The van der Waals surface area contributed by atoms with Crippen molar-refractivity contribution >= 4 is 32.3 Å². The Morgan fingerprint density at radius 2 is 0.741 bits per heavy atom. The number of fused-ring (bicyclic) bond motifs is 9. The first-order valence-corrected chi connectivity index (χ1v) is 19.3. The van der Waals surface area contributed by atoms with Crippen molar-refractivity contribution in [3.05, 3.63) is 192 Å². The first-order valence-electron chi connectivity index (χ1n) is 19.3. The molecule has 0 spiro atoms. The van der Waals surface area contributed by atoms with Gasteiger partial charge in [-0.05, 0) is 122 Å². The van der Waals surface area contributed by atoms with E-state index in [0.717, 1.165) is 0 Å².